The average molecular weight is 211 g/mol. The van der Waals surface area contributed by atoms with Crippen molar-refractivity contribution in [3.63, 3.8) is 0 Å². The predicted octanol–water partition coefficient (Wildman–Crippen LogP) is 2.40. The van der Waals surface area contributed by atoms with Crippen LogP contribution in [0.3, 0.4) is 0 Å². The van der Waals surface area contributed by atoms with Crippen LogP contribution in [0.25, 0.3) is 11.5 Å². The summed E-state index contributed by atoms with van der Waals surface area (Å²) in [5.74, 6) is 1.04. The Bertz CT molecular complexity index is 428. The Kier molecular flexibility index (Phi) is 2.37. The summed E-state index contributed by atoms with van der Waals surface area (Å²) in [4.78, 5) is 0. The van der Waals surface area contributed by atoms with Crippen LogP contribution in [0.1, 0.15) is 0 Å². The maximum atomic E-state index is 5.85. The first-order chi connectivity index (χ1) is 6.81. The van der Waals surface area contributed by atoms with Crippen LogP contribution < -0.4 is 4.74 Å². The molecule has 0 bridgehead atoms. The second-order valence-electron chi connectivity index (χ2n) is 2.59. The minimum absolute atomic E-state index is 0.393. The number of nitrogens with zero attached hydrogens (tertiary/aromatic N) is 2. The van der Waals surface area contributed by atoms with E-state index >= 15 is 0 Å². The fourth-order valence-electron chi connectivity index (χ4n) is 1.14. The fourth-order valence-corrected chi connectivity index (χ4v) is 1.31. The topological polar surface area (TPSA) is 48.2 Å². The molecule has 5 heteroatoms. The van der Waals surface area contributed by atoms with Gasteiger partial charge in [-0.25, -0.2) is 0 Å². The summed E-state index contributed by atoms with van der Waals surface area (Å²) < 4.78 is 10.2. The summed E-state index contributed by atoms with van der Waals surface area (Å²) in [6.45, 7) is 0. The summed E-state index contributed by atoms with van der Waals surface area (Å²) in [5.41, 5.74) is 0.692. The highest BCUT2D eigenvalue weighted by molar-refractivity contribution is 6.30. The third-order valence-electron chi connectivity index (χ3n) is 1.75. The third-order valence-corrected chi connectivity index (χ3v) is 1.99. The fraction of sp³-hybridized carbons (Fsp3) is 0.111. The number of aromatic nitrogens is 2. The highest BCUT2D eigenvalue weighted by Crippen LogP contribution is 2.30. The number of hydrogen-bond donors (Lipinski definition) is 0. The Morgan fingerprint density at radius 3 is 2.93 bits per heavy atom. The first-order valence-electron chi connectivity index (χ1n) is 3.91. The first-order valence-corrected chi connectivity index (χ1v) is 4.29. The third kappa shape index (κ3) is 1.56. The first kappa shape index (κ1) is 9.02. The molecule has 0 radical (unpaired) electrons. The van der Waals surface area contributed by atoms with Gasteiger partial charge in [0.1, 0.15) is 5.75 Å². The molecular weight excluding hydrogens is 204 g/mol. The van der Waals surface area contributed by atoms with Gasteiger partial charge in [-0.3, -0.25) is 0 Å². The van der Waals surface area contributed by atoms with Crippen molar-refractivity contribution in [2.75, 3.05) is 7.11 Å². The Morgan fingerprint density at radius 1 is 1.43 bits per heavy atom. The Balaban J connectivity index is 2.55. The van der Waals surface area contributed by atoms with E-state index in [1.54, 1.807) is 25.3 Å². The van der Waals surface area contributed by atoms with Crippen LogP contribution in [-0.2, 0) is 0 Å². The van der Waals surface area contributed by atoms with Gasteiger partial charge in [0.05, 0.1) is 12.7 Å². The highest BCUT2D eigenvalue weighted by Gasteiger charge is 2.10. The summed E-state index contributed by atoms with van der Waals surface area (Å²) in [5, 5.41) is 7.97. The van der Waals surface area contributed by atoms with Crippen LogP contribution in [-0.4, -0.2) is 17.3 Å². The second-order valence-corrected chi connectivity index (χ2v) is 3.02. The standard InChI is InChI=1S/C9H7ClN2O2/c1-13-8-3-2-6(10)4-7(8)9-12-11-5-14-9/h2-5H,1H3. The monoisotopic (exact) mass is 210 g/mol. The van der Waals surface area contributed by atoms with Crippen molar-refractivity contribution in [2.45, 2.75) is 0 Å². The van der Waals surface area contributed by atoms with Gasteiger partial charge >= 0.3 is 0 Å². The van der Waals surface area contributed by atoms with Crippen molar-refractivity contribution in [1.29, 1.82) is 0 Å². The molecule has 0 aliphatic heterocycles. The lowest BCUT2D eigenvalue weighted by Gasteiger charge is -2.04. The number of benzene rings is 1. The number of hydrogen-bond acceptors (Lipinski definition) is 4. The molecule has 0 aliphatic carbocycles. The largest absolute Gasteiger partial charge is 0.496 e. The highest BCUT2D eigenvalue weighted by atomic mass is 35.5. The van der Waals surface area contributed by atoms with E-state index in [2.05, 4.69) is 10.2 Å². The van der Waals surface area contributed by atoms with Crippen LogP contribution in [0.5, 0.6) is 5.75 Å². The maximum absolute atomic E-state index is 5.85. The van der Waals surface area contributed by atoms with Gasteiger partial charge < -0.3 is 9.15 Å². The molecule has 0 spiro atoms. The molecule has 1 aromatic carbocycles. The van der Waals surface area contributed by atoms with Gasteiger partial charge in [-0.1, -0.05) is 11.6 Å². The van der Waals surface area contributed by atoms with E-state index in [0.717, 1.165) is 0 Å². The predicted molar refractivity (Wildman–Crippen MR) is 51.3 cm³/mol. The number of ether oxygens (including phenoxy) is 1. The molecule has 0 fully saturated rings. The SMILES string of the molecule is COc1ccc(Cl)cc1-c1nnco1. The van der Waals surface area contributed by atoms with Crippen LogP contribution in [0.2, 0.25) is 5.02 Å². The van der Waals surface area contributed by atoms with Crippen molar-refractivity contribution >= 4 is 11.6 Å². The van der Waals surface area contributed by atoms with E-state index in [4.69, 9.17) is 20.8 Å². The van der Waals surface area contributed by atoms with Gasteiger partial charge in [0.15, 0.2) is 0 Å². The molecule has 4 nitrogen and oxygen atoms in total. The molecule has 0 amide bonds. The molecule has 0 saturated heterocycles. The molecule has 1 heterocycles. The number of halogens is 1. The van der Waals surface area contributed by atoms with Crippen molar-refractivity contribution in [3.8, 4) is 17.2 Å². The molecule has 72 valence electrons. The quantitative estimate of drug-likeness (QED) is 0.764. The molecule has 0 aliphatic rings. The molecule has 14 heavy (non-hydrogen) atoms. The summed E-state index contributed by atoms with van der Waals surface area (Å²) in [6, 6.07) is 5.20. The molecule has 0 unspecified atom stereocenters. The van der Waals surface area contributed by atoms with E-state index in [0.29, 0.717) is 22.2 Å². The second kappa shape index (κ2) is 3.67. The van der Waals surface area contributed by atoms with E-state index in [1.165, 1.54) is 6.39 Å². The van der Waals surface area contributed by atoms with E-state index in [1.807, 2.05) is 0 Å². The summed E-state index contributed by atoms with van der Waals surface area (Å²) >= 11 is 5.85. The van der Waals surface area contributed by atoms with Gasteiger partial charge in [-0.15, -0.1) is 10.2 Å². The van der Waals surface area contributed by atoms with Gasteiger partial charge in [-0.05, 0) is 18.2 Å². The Labute approximate surface area is 85.5 Å². The number of rotatable bonds is 2. The molecule has 2 rings (SSSR count). The van der Waals surface area contributed by atoms with Crippen LogP contribution in [0, 0.1) is 0 Å². The molecule has 2 aromatic rings. The normalized spacial score (nSPS) is 10.1. The molecule has 0 N–H and O–H groups in total. The van der Waals surface area contributed by atoms with Crippen LogP contribution in [0.15, 0.2) is 29.0 Å². The van der Waals surface area contributed by atoms with Crippen molar-refractivity contribution in [2.24, 2.45) is 0 Å². The molecular formula is C9H7ClN2O2. The number of methoxy groups -OCH3 is 1. The molecule has 0 atom stereocenters. The Morgan fingerprint density at radius 2 is 2.29 bits per heavy atom. The van der Waals surface area contributed by atoms with E-state index in [9.17, 15) is 0 Å². The van der Waals surface area contributed by atoms with Crippen LogP contribution >= 0.6 is 11.6 Å². The van der Waals surface area contributed by atoms with Crippen molar-refractivity contribution < 1.29 is 9.15 Å². The van der Waals surface area contributed by atoms with E-state index in [-0.39, 0.29) is 0 Å². The lowest BCUT2D eigenvalue weighted by molar-refractivity contribution is 0.414. The smallest absolute Gasteiger partial charge is 0.251 e. The summed E-state index contributed by atoms with van der Waals surface area (Å²) in [6.07, 6.45) is 1.26. The van der Waals surface area contributed by atoms with E-state index < -0.39 is 0 Å². The lowest BCUT2D eigenvalue weighted by atomic mass is 10.2. The van der Waals surface area contributed by atoms with Gasteiger partial charge in [0.25, 0.3) is 5.89 Å². The van der Waals surface area contributed by atoms with Gasteiger partial charge in [-0.2, -0.15) is 0 Å². The van der Waals surface area contributed by atoms with Gasteiger partial charge in [0.2, 0.25) is 6.39 Å². The molecule has 1 aromatic heterocycles. The van der Waals surface area contributed by atoms with Crippen molar-refractivity contribution in [1.82, 2.24) is 10.2 Å². The van der Waals surface area contributed by atoms with Crippen molar-refractivity contribution in [3.05, 3.63) is 29.6 Å². The minimum atomic E-state index is 0.393. The molecule has 0 saturated carbocycles. The maximum Gasteiger partial charge on any atom is 0.251 e. The average Bonchev–Trinajstić information content (AvgIpc) is 2.70. The van der Waals surface area contributed by atoms with Crippen LogP contribution in [0.4, 0.5) is 0 Å². The zero-order valence-corrected chi connectivity index (χ0v) is 8.15. The summed E-state index contributed by atoms with van der Waals surface area (Å²) in [7, 11) is 1.57. The Hall–Kier alpha value is -1.55. The zero-order chi connectivity index (χ0) is 9.97. The lowest BCUT2D eigenvalue weighted by Crippen LogP contribution is -1.87. The zero-order valence-electron chi connectivity index (χ0n) is 7.40. The minimum Gasteiger partial charge on any atom is -0.496 e. The van der Waals surface area contributed by atoms with Gasteiger partial charge in [0, 0.05) is 5.02 Å².